The topological polar surface area (TPSA) is 74.0 Å². The normalized spacial score (nSPS) is 25.1. The second kappa shape index (κ2) is 9.38. The summed E-state index contributed by atoms with van der Waals surface area (Å²) in [5.74, 6) is 0.714. The first kappa shape index (κ1) is 23.4. The lowest BCUT2D eigenvalue weighted by molar-refractivity contribution is -0.133. The highest BCUT2D eigenvalue weighted by Gasteiger charge is 2.48. The van der Waals surface area contributed by atoms with E-state index in [1.54, 1.807) is 0 Å². The van der Waals surface area contributed by atoms with Crippen LogP contribution in [0.3, 0.4) is 0 Å². The number of fused-ring (bicyclic) bond motifs is 3. The molecule has 8 nitrogen and oxygen atoms in total. The van der Waals surface area contributed by atoms with Crippen LogP contribution in [0.1, 0.15) is 61.7 Å². The number of rotatable bonds is 6. The summed E-state index contributed by atoms with van der Waals surface area (Å²) in [5, 5.41) is 3.32. The number of hydrogen-bond acceptors (Lipinski definition) is 5. The molecular formula is C26H39N5O3. The molecule has 4 heterocycles. The minimum Gasteiger partial charge on any atom is -0.460 e. The summed E-state index contributed by atoms with van der Waals surface area (Å²) in [6.45, 7) is 10.1. The molecule has 2 amide bonds. The fourth-order valence-corrected chi connectivity index (χ4v) is 5.92. The molecule has 1 atom stereocenters. The zero-order valence-electron chi connectivity index (χ0n) is 20.9. The van der Waals surface area contributed by atoms with Crippen molar-refractivity contribution in [3.63, 3.8) is 0 Å². The molecule has 34 heavy (non-hydrogen) atoms. The van der Waals surface area contributed by atoms with Gasteiger partial charge in [-0.25, -0.2) is 0 Å². The molecule has 2 aromatic rings. The van der Waals surface area contributed by atoms with Gasteiger partial charge in [0.05, 0.1) is 12.1 Å². The molecule has 2 aliphatic heterocycles. The molecule has 5 rings (SSSR count). The average Bonchev–Trinajstić information content (AvgIpc) is 3.34. The van der Waals surface area contributed by atoms with E-state index in [2.05, 4.69) is 22.2 Å². The van der Waals surface area contributed by atoms with Crippen LogP contribution in [0.2, 0.25) is 0 Å². The number of carbonyl (C=O) groups is 2. The summed E-state index contributed by atoms with van der Waals surface area (Å²) >= 11 is 0. The molecule has 0 spiro atoms. The molecule has 1 N–H and O–H groups in total. The van der Waals surface area contributed by atoms with E-state index in [9.17, 15) is 9.59 Å². The third-order valence-electron chi connectivity index (χ3n) is 8.12. The van der Waals surface area contributed by atoms with Gasteiger partial charge < -0.3 is 29.0 Å². The van der Waals surface area contributed by atoms with Gasteiger partial charge in [-0.2, -0.15) is 0 Å². The van der Waals surface area contributed by atoms with Crippen molar-refractivity contribution in [3.05, 3.63) is 23.6 Å². The number of aryl methyl sites for hydroxylation is 1. The van der Waals surface area contributed by atoms with Crippen molar-refractivity contribution in [1.82, 2.24) is 24.6 Å². The van der Waals surface area contributed by atoms with E-state index in [0.717, 1.165) is 81.7 Å². The lowest BCUT2D eigenvalue weighted by Gasteiger charge is -2.45. The molecule has 1 unspecified atom stereocenters. The molecule has 0 radical (unpaired) electrons. The number of aromatic nitrogens is 1. The van der Waals surface area contributed by atoms with Crippen LogP contribution in [0.15, 0.2) is 16.5 Å². The van der Waals surface area contributed by atoms with Crippen LogP contribution < -0.4 is 5.32 Å². The number of amides is 2. The second-order valence-corrected chi connectivity index (χ2v) is 10.8. The first-order valence-electron chi connectivity index (χ1n) is 13.0. The van der Waals surface area contributed by atoms with Crippen LogP contribution in [0.5, 0.6) is 0 Å². The smallest absolute Gasteiger partial charge is 0.271 e. The van der Waals surface area contributed by atoms with Crippen LogP contribution in [-0.4, -0.2) is 89.0 Å². The monoisotopic (exact) mass is 469 g/mol. The molecule has 3 aliphatic rings. The predicted octanol–water partition coefficient (Wildman–Crippen LogP) is 2.84. The van der Waals surface area contributed by atoms with Crippen LogP contribution in [0.4, 0.5) is 0 Å². The Hall–Kier alpha value is -2.32. The summed E-state index contributed by atoms with van der Waals surface area (Å²) < 4.78 is 7.81. The highest BCUT2D eigenvalue weighted by atomic mass is 16.3. The molecule has 8 heteroatoms. The largest absolute Gasteiger partial charge is 0.460 e. The number of furan rings is 1. The van der Waals surface area contributed by atoms with Gasteiger partial charge in [-0.1, -0.05) is 19.3 Å². The summed E-state index contributed by atoms with van der Waals surface area (Å²) in [5.41, 5.74) is 1.31. The minimum atomic E-state index is -0.930. The number of carbonyl (C=O) groups excluding carboxylic acids is 2. The molecule has 0 bridgehead atoms. The van der Waals surface area contributed by atoms with Crippen LogP contribution >= 0.6 is 0 Å². The van der Waals surface area contributed by atoms with Gasteiger partial charge in [0.1, 0.15) is 17.0 Å². The summed E-state index contributed by atoms with van der Waals surface area (Å²) in [6.07, 6.45) is 6.47. The summed E-state index contributed by atoms with van der Waals surface area (Å²) in [4.78, 5) is 34.2. The number of likely N-dealkylation sites (N-methyl/N-ethyl adjacent to an activating group) is 1. The van der Waals surface area contributed by atoms with Crippen molar-refractivity contribution in [3.8, 4) is 0 Å². The van der Waals surface area contributed by atoms with Crippen molar-refractivity contribution in [1.29, 1.82) is 0 Å². The van der Waals surface area contributed by atoms with E-state index >= 15 is 0 Å². The second-order valence-electron chi connectivity index (χ2n) is 10.8. The van der Waals surface area contributed by atoms with Gasteiger partial charge in [0.25, 0.3) is 5.91 Å². The van der Waals surface area contributed by atoms with Crippen molar-refractivity contribution < 1.29 is 14.0 Å². The number of piperazine rings is 1. The lowest BCUT2D eigenvalue weighted by Crippen LogP contribution is -2.65. The van der Waals surface area contributed by atoms with Gasteiger partial charge in [-0.05, 0) is 46.7 Å². The van der Waals surface area contributed by atoms with Gasteiger partial charge in [0, 0.05) is 50.9 Å². The van der Waals surface area contributed by atoms with Crippen LogP contribution in [0.25, 0.3) is 11.1 Å². The standard InChI is InChI=1S/C26H39N5O3/c1-19-16-21-23(34-19)17-22-24(32)31(11-7-10-29-14-12-28(3)13-15-29)26(2,18-30(21)22)25(33)27-20-8-5-4-6-9-20/h16-17,20H,4-15,18H2,1-3H3,(H,27,33). The summed E-state index contributed by atoms with van der Waals surface area (Å²) in [6, 6.07) is 4.02. The number of nitrogens with zero attached hydrogens (tertiary/aromatic N) is 4. The maximum absolute atomic E-state index is 13.8. The minimum absolute atomic E-state index is 0.0277. The zero-order valence-corrected chi connectivity index (χ0v) is 20.9. The molecule has 2 fully saturated rings. The van der Waals surface area contributed by atoms with Gasteiger partial charge in [-0.3, -0.25) is 9.59 Å². The quantitative estimate of drug-likeness (QED) is 0.704. The maximum atomic E-state index is 13.8. The molecule has 1 aliphatic carbocycles. The highest BCUT2D eigenvalue weighted by Crippen LogP contribution is 2.34. The van der Waals surface area contributed by atoms with Crippen molar-refractivity contribution >= 4 is 22.9 Å². The Kier molecular flexibility index (Phi) is 6.46. The number of nitrogens with one attached hydrogen (secondary N) is 1. The third kappa shape index (κ3) is 4.38. The van der Waals surface area contributed by atoms with E-state index in [-0.39, 0.29) is 17.9 Å². The highest BCUT2D eigenvalue weighted by molar-refractivity contribution is 6.03. The first-order chi connectivity index (χ1) is 16.3. The van der Waals surface area contributed by atoms with E-state index in [4.69, 9.17) is 4.42 Å². The van der Waals surface area contributed by atoms with Crippen LogP contribution in [-0.2, 0) is 11.3 Å². The Balaban J connectivity index is 1.38. The van der Waals surface area contributed by atoms with E-state index in [1.165, 1.54) is 6.42 Å². The molecular weight excluding hydrogens is 430 g/mol. The molecule has 2 aromatic heterocycles. The third-order valence-corrected chi connectivity index (χ3v) is 8.12. The Morgan fingerprint density at radius 1 is 1.12 bits per heavy atom. The van der Waals surface area contributed by atoms with Gasteiger partial charge in [-0.15, -0.1) is 0 Å². The number of hydrogen-bond donors (Lipinski definition) is 1. The van der Waals surface area contributed by atoms with E-state index in [1.807, 2.05) is 35.4 Å². The van der Waals surface area contributed by atoms with E-state index < -0.39 is 5.54 Å². The van der Waals surface area contributed by atoms with Crippen molar-refractivity contribution in [2.45, 2.75) is 70.5 Å². The average molecular weight is 470 g/mol. The van der Waals surface area contributed by atoms with Crippen molar-refractivity contribution in [2.24, 2.45) is 0 Å². The SMILES string of the molecule is Cc1cc2c(cc3n2CC(C)(C(=O)NC2CCCCC2)N(CCCN2CCN(C)CC2)C3=O)o1. The molecule has 0 aromatic carbocycles. The Bertz CT molecular complexity index is 1040. The Labute approximate surface area is 202 Å². The Morgan fingerprint density at radius 3 is 2.59 bits per heavy atom. The van der Waals surface area contributed by atoms with E-state index in [0.29, 0.717) is 18.8 Å². The fourth-order valence-electron chi connectivity index (χ4n) is 5.92. The molecule has 186 valence electrons. The van der Waals surface area contributed by atoms with Crippen LogP contribution in [0, 0.1) is 6.92 Å². The van der Waals surface area contributed by atoms with Crippen molar-refractivity contribution in [2.75, 3.05) is 46.3 Å². The summed E-state index contributed by atoms with van der Waals surface area (Å²) in [7, 11) is 2.16. The fraction of sp³-hybridized carbons (Fsp3) is 0.692. The first-order valence-corrected chi connectivity index (χ1v) is 13.0. The lowest BCUT2D eigenvalue weighted by atomic mass is 9.91. The predicted molar refractivity (Wildman–Crippen MR) is 132 cm³/mol. The maximum Gasteiger partial charge on any atom is 0.271 e. The van der Waals surface area contributed by atoms with Gasteiger partial charge in [0.2, 0.25) is 5.91 Å². The Morgan fingerprint density at radius 2 is 1.85 bits per heavy atom. The molecule has 1 saturated heterocycles. The van der Waals surface area contributed by atoms with Gasteiger partial charge >= 0.3 is 0 Å². The molecule has 1 saturated carbocycles. The zero-order chi connectivity index (χ0) is 23.9. The van der Waals surface area contributed by atoms with Gasteiger partial charge in [0.15, 0.2) is 5.58 Å².